The molecule has 1 aliphatic heterocycles. The van der Waals surface area contributed by atoms with Gasteiger partial charge in [-0.15, -0.1) is 0 Å². The number of piperidine rings is 1. The summed E-state index contributed by atoms with van der Waals surface area (Å²) in [5.41, 5.74) is 3.29. The fourth-order valence-corrected chi connectivity index (χ4v) is 2.94. The minimum Gasteiger partial charge on any atom is -0.440 e. The van der Waals surface area contributed by atoms with Crippen molar-refractivity contribution in [3.63, 3.8) is 0 Å². The Bertz CT molecular complexity index is 553. The van der Waals surface area contributed by atoms with E-state index < -0.39 is 0 Å². The van der Waals surface area contributed by atoms with E-state index in [-0.39, 0.29) is 5.41 Å². The molecule has 0 radical (unpaired) electrons. The first-order chi connectivity index (χ1) is 8.75. The number of hydrogen-bond acceptors (Lipinski definition) is 3. The molecule has 0 amide bonds. The van der Waals surface area contributed by atoms with Gasteiger partial charge in [-0.2, -0.15) is 0 Å². The smallest absolute Gasteiger partial charge is 0.201 e. The second kappa shape index (κ2) is 4.39. The minimum absolute atomic E-state index is 0.136. The van der Waals surface area contributed by atoms with Crippen molar-refractivity contribution in [1.29, 1.82) is 0 Å². The Kier molecular flexibility index (Phi) is 2.86. The molecule has 0 saturated carbocycles. The SMILES string of the molecule is CCC1(c2nc3c(C)cccc3o2)CCNCC1. The van der Waals surface area contributed by atoms with E-state index in [0.29, 0.717) is 0 Å². The Hall–Kier alpha value is -1.35. The number of aryl methyl sites for hydroxylation is 1. The molecule has 1 fully saturated rings. The van der Waals surface area contributed by atoms with E-state index in [0.717, 1.165) is 49.3 Å². The third-order valence-corrected chi connectivity index (χ3v) is 4.31. The van der Waals surface area contributed by atoms with E-state index >= 15 is 0 Å². The summed E-state index contributed by atoms with van der Waals surface area (Å²) in [6.45, 7) is 6.46. The molecule has 2 aromatic rings. The first-order valence-electron chi connectivity index (χ1n) is 6.82. The van der Waals surface area contributed by atoms with Gasteiger partial charge in [0.2, 0.25) is 5.89 Å². The molecule has 0 bridgehead atoms. The van der Waals surface area contributed by atoms with Gasteiger partial charge in [-0.25, -0.2) is 4.98 Å². The standard InChI is InChI=1S/C15H20N2O/c1-3-15(7-9-16-10-8-15)14-17-13-11(2)5-4-6-12(13)18-14/h4-6,16H,3,7-10H2,1-2H3. The summed E-state index contributed by atoms with van der Waals surface area (Å²) in [5.74, 6) is 0.941. The number of hydrogen-bond donors (Lipinski definition) is 1. The maximum absolute atomic E-state index is 6.04. The topological polar surface area (TPSA) is 38.1 Å². The van der Waals surface area contributed by atoms with Crippen LogP contribution in [0.15, 0.2) is 22.6 Å². The molecular formula is C15H20N2O. The number of benzene rings is 1. The summed E-state index contributed by atoms with van der Waals surface area (Å²) in [5, 5.41) is 3.42. The quantitative estimate of drug-likeness (QED) is 0.881. The maximum atomic E-state index is 6.04. The van der Waals surface area contributed by atoms with Gasteiger partial charge in [-0.05, 0) is 50.9 Å². The lowest BCUT2D eigenvalue weighted by Gasteiger charge is -2.33. The van der Waals surface area contributed by atoms with E-state index in [1.165, 1.54) is 5.56 Å². The Morgan fingerprint density at radius 3 is 2.78 bits per heavy atom. The van der Waals surface area contributed by atoms with Gasteiger partial charge in [0.25, 0.3) is 0 Å². The highest BCUT2D eigenvalue weighted by molar-refractivity contribution is 5.76. The van der Waals surface area contributed by atoms with Gasteiger partial charge in [0, 0.05) is 5.41 Å². The average Bonchev–Trinajstić information content (AvgIpc) is 2.85. The highest BCUT2D eigenvalue weighted by atomic mass is 16.3. The van der Waals surface area contributed by atoms with Crippen molar-refractivity contribution < 1.29 is 4.42 Å². The monoisotopic (exact) mass is 244 g/mol. The van der Waals surface area contributed by atoms with Crippen LogP contribution in [-0.2, 0) is 5.41 Å². The fourth-order valence-electron chi connectivity index (χ4n) is 2.94. The Balaban J connectivity index is 2.09. The van der Waals surface area contributed by atoms with Crippen LogP contribution in [0.2, 0.25) is 0 Å². The van der Waals surface area contributed by atoms with Crippen LogP contribution in [0.1, 0.15) is 37.6 Å². The van der Waals surface area contributed by atoms with Gasteiger partial charge >= 0.3 is 0 Å². The zero-order valence-electron chi connectivity index (χ0n) is 11.1. The third-order valence-electron chi connectivity index (χ3n) is 4.31. The number of fused-ring (bicyclic) bond motifs is 1. The van der Waals surface area contributed by atoms with Crippen LogP contribution in [0, 0.1) is 6.92 Å². The summed E-state index contributed by atoms with van der Waals surface area (Å²) in [4.78, 5) is 4.78. The summed E-state index contributed by atoms with van der Waals surface area (Å²) < 4.78 is 6.04. The van der Waals surface area contributed by atoms with Crippen molar-refractivity contribution >= 4 is 11.1 Å². The normalized spacial score (nSPS) is 19.2. The Morgan fingerprint density at radius 1 is 1.33 bits per heavy atom. The van der Waals surface area contributed by atoms with Crippen molar-refractivity contribution in [1.82, 2.24) is 10.3 Å². The second-order valence-electron chi connectivity index (χ2n) is 5.32. The number of rotatable bonds is 2. The van der Waals surface area contributed by atoms with Crippen LogP contribution in [-0.4, -0.2) is 18.1 Å². The largest absolute Gasteiger partial charge is 0.440 e. The molecule has 1 saturated heterocycles. The Morgan fingerprint density at radius 2 is 2.11 bits per heavy atom. The zero-order chi connectivity index (χ0) is 12.6. The van der Waals surface area contributed by atoms with E-state index in [4.69, 9.17) is 9.40 Å². The van der Waals surface area contributed by atoms with Crippen molar-refractivity contribution in [3.05, 3.63) is 29.7 Å². The zero-order valence-corrected chi connectivity index (χ0v) is 11.1. The molecule has 3 nitrogen and oxygen atoms in total. The number of oxazole rings is 1. The van der Waals surface area contributed by atoms with Crippen LogP contribution < -0.4 is 5.32 Å². The molecule has 3 rings (SSSR count). The number of nitrogens with zero attached hydrogens (tertiary/aromatic N) is 1. The number of aromatic nitrogens is 1. The van der Waals surface area contributed by atoms with Crippen molar-refractivity contribution in [2.75, 3.05) is 13.1 Å². The molecule has 0 spiro atoms. The van der Waals surface area contributed by atoms with Gasteiger partial charge < -0.3 is 9.73 Å². The summed E-state index contributed by atoms with van der Waals surface area (Å²) >= 11 is 0. The fraction of sp³-hybridized carbons (Fsp3) is 0.533. The highest BCUT2D eigenvalue weighted by Gasteiger charge is 2.36. The molecular weight excluding hydrogens is 224 g/mol. The molecule has 1 aromatic heterocycles. The molecule has 3 heteroatoms. The van der Waals surface area contributed by atoms with Gasteiger partial charge in [0.05, 0.1) is 0 Å². The van der Waals surface area contributed by atoms with Crippen LogP contribution >= 0.6 is 0 Å². The lowest BCUT2D eigenvalue weighted by Crippen LogP contribution is -2.39. The highest BCUT2D eigenvalue weighted by Crippen LogP contribution is 2.37. The van der Waals surface area contributed by atoms with Gasteiger partial charge in [-0.3, -0.25) is 0 Å². The van der Waals surface area contributed by atoms with E-state index in [9.17, 15) is 0 Å². The van der Waals surface area contributed by atoms with Crippen LogP contribution in [0.25, 0.3) is 11.1 Å². The van der Waals surface area contributed by atoms with E-state index in [2.05, 4.69) is 25.2 Å². The Labute approximate surface area is 108 Å². The molecule has 0 unspecified atom stereocenters. The van der Waals surface area contributed by atoms with Crippen LogP contribution in [0.4, 0.5) is 0 Å². The number of nitrogens with one attached hydrogen (secondary N) is 1. The summed E-state index contributed by atoms with van der Waals surface area (Å²) in [6, 6.07) is 6.15. The third kappa shape index (κ3) is 1.74. The minimum atomic E-state index is 0.136. The van der Waals surface area contributed by atoms with Crippen LogP contribution in [0.3, 0.4) is 0 Å². The maximum Gasteiger partial charge on any atom is 0.201 e. The average molecular weight is 244 g/mol. The predicted molar refractivity (Wildman–Crippen MR) is 72.8 cm³/mol. The number of para-hydroxylation sites is 1. The van der Waals surface area contributed by atoms with E-state index in [1.807, 2.05) is 12.1 Å². The van der Waals surface area contributed by atoms with Gasteiger partial charge in [0.15, 0.2) is 5.58 Å². The molecule has 1 N–H and O–H groups in total. The predicted octanol–water partition coefficient (Wildman–Crippen LogP) is 3.17. The second-order valence-corrected chi connectivity index (χ2v) is 5.32. The van der Waals surface area contributed by atoms with Crippen molar-refractivity contribution in [2.24, 2.45) is 0 Å². The molecule has 2 heterocycles. The lowest BCUT2D eigenvalue weighted by atomic mass is 9.76. The van der Waals surface area contributed by atoms with Crippen molar-refractivity contribution in [3.8, 4) is 0 Å². The van der Waals surface area contributed by atoms with Gasteiger partial charge in [0.1, 0.15) is 5.52 Å². The molecule has 0 aliphatic carbocycles. The molecule has 96 valence electrons. The first kappa shape index (κ1) is 11.7. The van der Waals surface area contributed by atoms with Crippen LogP contribution in [0.5, 0.6) is 0 Å². The summed E-state index contributed by atoms with van der Waals surface area (Å²) in [6.07, 6.45) is 3.34. The van der Waals surface area contributed by atoms with Crippen molar-refractivity contribution in [2.45, 2.75) is 38.5 Å². The molecule has 1 aliphatic rings. The molecule has 1 aromatic carbocycles. The lowest BCUT2D eigenvalue weighted by molar-refractivity contribution is 0.243. The molecule has 0 atom stereocenters. The molecule has 18 heavy (non-hydrogen) atoms. The van der Waals surface area contributed by atoms with Gasteiger partial charge in [-0.1, -0.05) is 19.1 Å². The van der Waals surface area contributed by atoms with E-state index in [1.54, 1.807) is 0 Å². The first-order valence-corrected chi connectivity index (χ1v) is 6.82. The summed E-state index contributed by atoms with van der Waals surface area (Å²) in [7, 11) is 0.